The zero-order valence-corrected chi connectivity index (χ0v) is 9.12. The van der Waals surface area contributed by atoms with E-state index in [0.29, 0.717) is 0 Å². The third-order valence-electron chi connectivity index (χ3n) is 1.86. The Morgan fingerprint density at radius 2 is 2.27 bits per heavy atom. The van der Waals surface area contributed by atoms with Crippen LogP contribution in [-0.4, -0.2) is 31.4 Å². The van der Waals surface area contributed by atoms with Gasteiger partial charge in [-0.3, -0.25) is 0 Å². The predicted molar refractivity (Wildman–Crippen MR) is 48.0 cm³/mol. The standard InChI is InChI=1S/C9H11NTe/c1-7-3-4-9-8(5-7)6-10(2)11-9/h3-5H,6H2,1-2H3. The van der Waals surface area contributed by atoms with E-state index in [2.05, 4.69) is 35.3 Å². The molecular weight excluding hydrogens is 250 g/mol. The minimum absolute atomic E-state index is 0.00929. The molecule has 0 spiro atoms. The van der Waals surface area contributed by atoms with Crippen LogP contribution < -0.4 is 3.61 Å². The average Bonchev–Trinajstić information content (AvgIpc) is 2.27. The third-order valence-corrected chi connectivity index (χ3v) is 4.82. The van der Waals surface area contributed by atoms with Crippen molar-refractivity contribution in [3.05, 3.63) is 29.3 Å². The molecule has 0 unspecified atom stereocenters. The van der Waals surface area contributed by atoms with E-state index < -0.39 is 0 Å². The Kier molecular flexibility index (Phi) is 1.93. The Morgan fingerprint density at radius 1 is 1.45 bits per heavy atom. The van der Waals surface area contributed by atoms with E-state index in [0.717, 1.165) is 0 Å². The van der Waals surface area contributed by atoms with Crippen molar-refractivity contribution in [2.45, 2.75) is 13.5 Å². The van der Waals surface area contributed by atoms with Crippen LogP contribution in [0.4, 0.5) is 0 Å². The number of rotatable bonds is 0. The summed E-state index contributed by atoms with van der Waals surface area (Å²) in [5, 5.41) is 0. The van der Waals surface area contributed by atoms with Gasteiger partial charge in [0.1, 0.15) is 0 Å². The van der Waals surface area contributed by atoms with Crippen LogP contribution in [0, 0.1) is 6.92 Å². The number of fused-ring (bicyclic) bond motifs is 1. The van der Waals surface area contributed by atoms with E-state index in [-0.39, 0.29) is 21.2 Å². The molecule has 0 aliphatic carbocycles. The molecule has 11 heavy (non-hydrogen) atoms. The van der Waals surface area contributed by atoms with E-state index >= 15 is 0 Å². The second-order valence-electron chi connectivity index (χ2n) is 2.99. The Labute approximate surface area is 77.8 Å². The zero-order valence-electron chi connectivity index (χ0n) is 6.79. The van der Waals surface area contributed by atoms with E-state index in [1.54, 1.807) is 9.17 Å². The molecule has 0 bridgehead atoms. The molecule has 0 amide bonds. The number of nitrogens with zero attached hydrogens (tertiary/aromatic N) is 1. The second kappa shape index (κ2) is 2.79. The Morgan fingerprint density at radius 3 is 3.09 bits per heavy atom. The number of aryl methyl sites for hydroxylation is 1. The van der Waals surface area contributed by atoms with Crippen LogP contribution in [-0.2, 0) is 6.54 Å². The van der Waals surface area contributed by atoms with Crippen molar-refractivity contribution in [1.29, 1.82) is 0 Å². The minimum atomic E-state index is 0.00929. The molecule has 0 radical (unpaired) electrons. The monoisotopic (exact) mass is 263 g/mol. The quantitative estimate of drug-likeness (QED) is 0.621. The Hall–Kier alpha value is -0.0304. The van der Waals surface area contributed by atoms with Crippen LogP contribution in [0.5, 0.6) is 0 Å². The number of benzene rings is 1. The summed E-state index contributed by atoms with van der Waals surface area (Å²) in [6.45, 7) is 3.35. The summed E-state index contributed by atoms with van der Waals surface area (Å²) in [6.07, 6.45) is 0. The maximum absolute atomic E-state index is 2.47. The molecule has 2 heteroatoms. The van der Waals surface area contributed by atoms with E-state index in [9.17, 15) is 0 Å². The van der Waals surface area contributed by atoms with Gasteiger partial charge < -0.3 is 0 Å². The van der Waals surface area contributed by atoms with Crippen molar-refractivity contribution in [3.63, 3.8) is 0 Å². The van der Waals surface area contributed by atoms with Gasteiger partial charge in [0, 0.05) is 0 Å². The predicted octanol–water partition coefficient (Wildman–Crippen LogP) is 0.685. The molecule has 1 aliphatic rings. The molecule has 1 aromatic carbocycles. The second-order valence-corrected chi connectivity index (χ2v) is 6.54. The van der Waals surface area contributed by atoms with E-state index in [1.807, 2.05) is 0 Å². The summed E-state index contributed by atoms with van der Waals surface area (Å²) in [4.78, 5) is 0. The van der Waals surface area contributed by atoms with Gasteiger partial charge in [0.05, 0.1) is 0 Å². The summed E-state index contributed by atoms with van der Waals surface area (Å²) in [7, 11) is 2.22. The molecule has 0 atom stereocenters. The topological polar surface area (TPSA) is 3.24 Å². The van der Waals surface area contributed by atoms with Gasteiger partial charge in [-0.15, -0.1) is 0 Å². The Bertz CT molecular complexity index is 283. The molecule has 1 aromatic rings. The molecule has 1 aliphatic heterocycles. The van der Waals surface area contributed by atoms with Gasteiger partial charge in [-0.1, -0.05) is 0 Å². The average molecular weight is 261 g/mol. The van der Waals surface area contributed by atoms with Crippen LogP contribution in [0.15, 0.2) is 18.2 Å². The fourth-order valence-corrected chi connectivity index (χ4v) is 3.96. The first-order valence-corrected chi connectivity index (χ1v) is 5.95. The van der Waals surface area contributed by atoms with Gasteiger partial charge in [0.15, 0.2) is 0 Å². The number of hydrogen-bond donors (Lipinski definition) is 0. The molecule has 58 valence electrons. The van der Waals surface area contributed by atoms with Crippen molar-refractivity contribution in [2.75, 3.05) is 7.05 Å². The molecule has 2 rings (SSSR count). The van der Waals surface area contributed by atoms with E-state index in [1.165, 1.54) is 12.1 Å². The summed E-state index contributed by atoms with van der Waals surface area (Å²) in [6, 6.07) is 6.85. The van der Waals surface area contributed by atoms with Crippen LogP contribution in [0.2, 0.25) is 0 Å². The van der Waals surface area contributed by atoms with Crippen molar-refractivity contribution in [1.82, 2.24) is 3.15 Å². The first-order valence-electron chi connectivity index (χ1n) is 3.74. The fraction of sp³-hybridized carbons (Fsp3) is 0.333. The molecule has 0 aromatic heterocycles. The summed E-state index contributed by atoms with van der Waals surface area (Å²) in [5.74, 6) is 0. The molecule has 0 N–H and O–H groups in total. The van der Waals surface area contributed by atoms with Gasteiger partial charge in [-0.25, -0.2) is 0 Å². The third kappa shape index (κ3) is 1.44. The van der Waals surface area contributed by atoms with Crippen molar-refractivity contribution in [2.24, 2.45) is 0 Å². The van der Waals surface area contributed by atoms with Crippen LogP contribution in [0.25, 0.3) is 0 Å². The molecular formula is C9H11NTe. The molecule has 0 fully saturated rings. The molecule has 1 heterocycles. The maximum atomic E-state index is 2.47. The molecule has 0 saturated heterocycles. The molecule has 1 nitrogen and oxygen atoms in total. The van der Waals surface area contributed by atoms with Crippen molar-refractivity contribution < 1.29 is 0 Å². The number of hydrogen-bond acceptors (Lipinski definition) is 1. The van der Waals surface area contributed by atoms with Crippen molar-refractivity contribution in [3.8, 4) is 0 Å². The molecule has 0 saturated carbocycles. The summed E-state index contributed by atoms with van der Waals surface area (Å²) < 4.78 is 4.10. The van der Waals surface area contributed by atoms with Gasteiger partial charge in [-0.05, 0) is 0 Å². The Balaban J connectivity index is 2.43. The fourth-order valence-electron chi connectivity index (χ4n) is 1.36. The van der Waals surface area contributed by atoms with Crippen LogP contribution in [0.1, 0.15) is 11.1 Å². The van der Waals surface area contributed by atoms with Gasteiger partial charge in [0.2, 0.25) is 0 Å². The van der Waals surface area contributed by atoms with Gasteiger partial charge in [-0.2, -0.15) is 0 Å². The normalized spacial score (nSPS) is 16.9. The zero-order chi connectivity index (χ0) is 7.84. The SMILES string of the molecule is Cc1ccc2c(c1)CN(C)[Te]2. The van der Waals surface area contributed by atoms with Crippen molar-refractivity contribution >= 4 is 24.8 Å². The summed E-state index contributed by atoms with van der Waals surface area (Å²) in [5.41, 5.74) is 2.96. The van der Waals surface area contributed by atoms with Gasteiger partial charge in [0.25, 0.3) is 0 Å². The van der Waals surface area contributed by atoms with Gasteiger partial charge >= 0.3 is 77.8 Å². The summed E-state index contributed by atoms with van der Waals surface area (Å²) >= 11 is 0.00929. The van der Waals surface area contributed by atoms with Crippen LogP contribution >= 0.6 is 0 Å². The van der Waals surface area contributed by atoms with Crippen LogP contribution in [0.3, 0.4) is 0 Å². The van der Waals surface area contributed by atoms with E-state index in [4.69, 9.17) is 0 Å². The first kappa shape index (κ1) is 7.61. The first-order chi connectivity index (χ1) is 5.25.